The van der Waals surface area contributed by atoms with E-state index in [1.807, 2.05) is 6.26 Å². The maximum atomic E-state index is 8.00. The summed E-state index contributed by atoms with van der Waals surface area (Å²) in [6.45, 7) is 0. The van der Waals surface area contributed by atoms with Gasteiger partial charge in [0, 0.05) is 0 Å². The SMILES string of the molecule is CS/C=C(\Cl)C#N. The highest BCUT2D eigenvalue weighted by atomic mass is 35.5. The van der Waals surface area contributed by atoms with Gasteiger partial charge in [-0.05, 0) is 11.7 Å². The number of hydrogen-bond acceptors (Lipinski definition) is 2. The number of thioether (sulfide) groups is 1. The van der Waals surface area contributed by atoms with Crippen molar-refractivity contribution in [1.29, 1.82) is 5.26 Å². The molecule has 0 aromatic rings. The molecule has 0 aromatic carbocycles. The van der Waals surface area contributed by atoms with Gasteiger partial charge < -0.3 is 0 Å². The van der Waals surface area contributed by atoms with Gasteiger partial charge in [0.25, 0.3) is 0 Å². The zero-order valence-electron chi connectivity index (χ0n) is 3.81. The van der Waals surface area contributed by atoms with Crippen LogP contribution >= 0.6 is 23.4 Å². The Morgan fingerprint density at radius 1 is 2.00 bits per heavy atom. The molecule has 0 bridgehead atoms. The lowest BCUT2D eigenvalue weighted by Crippen LogP contribution is -1.54. The van der Waals surface area contributed by atoms with Crippen LogP contribution in [0.15, 0.2) is 10.4 Å². The lowest BCUT2D eigenvalue weighted by Gasteiger charge is -1.74. The first kappa shape index (κ1) is 6.87. The Hall–Kier alpha value is -0.130. The predicted molar refractivity (Wildman–Crippen MR) is 33.1 cm³/mol. The van der Waals surface area contributed by atoms with Crippen LogP contribution in [0.3, 0.4) is 0 Å². The number of nitriles is 1. The first-order chi connectivity index (χ1) is 3.31. The van der Waals surface area contributed by atoms with Crippen LogP contribution in [0.5, 0.6) is 0 Å². The monoisotopic (exact) mass is 133 g/mol. The molecule has 0 aromatic heterocycles. The number of halogens is 1. The summed E-state index contributed by atoms with van der Waals surface area (Å²) < 4.78 is 0. The fourth-order valence-electron chi connectivity index (χ4n) is 0.130. The molecule has 0 amide bonds. The Kier molecular flexibility index (Phi) is 3.97. The molecule has 0 aliphatic rings. The number of rotatable bonds is 1. The minimum absolute atomic E-state index is 0.243. The van der Waals surface area contributed by atoms with Crippen molar-refractivity contribution in [3.8, 4) is 6.07 Å². The molecule has 0 saturated carbocycles. The van der Waals surface area contributed by atoms with Gasteiger partial charge in [0.05, 0.1) is 0 Å². The highest BCUT2D eigenvalue weighted by Gasteiger charge is 1.79. The number of allylic oxidation sites excluding steroid dienone is 1. The second-order valence-corrected chi connectivity index (χ2v) is 1.93. The minimum Gasteiger partial charge on any atom is -0.191 e. The van der Waals surface area contributed by atoms with Crippen molar-refractivity contribution in [2.45, 2.75) is 0 Å². The number of hydrogen-bond donors (Lipinski definition) is 0. The molecule has 0 heterocycles. The largest absolute Gasteiger partial charge is 0.191 e. The van der Waals surface area contributed by atoms with E-state index in [2.05, 4.69) is 0 Å². The van der Waals surface area contributed by atoms with Gasteiger partial charge in [0.1, 0.15) is 11.1 Å². The summed E-state index contributed by atoms with van der Waals surface area (Å²) in [5.74, 6) is 0. The zero-order valence-corrected chi connectivity index (χ0v) is 5.38. The minimum atomic E-state index is 0.243. The fraction of sp³-hybridized carbons (Fsp3) is 0.250. The summed E-state index contributed by atoms with van der Waals surface area (Å²) >= 11 is 6.66. The molecular formula is C4H4ClNS. The molecule has 7 heavy (non-hydrogen) atoms. The Balaban J connectivity index is 3.57. The van der Waals surface area contributed by atoms with Crippen molar-refractivity contribution < 1.29 is 0 Å². The molecule has 0 N–H and O–H groups in total. The van der Waals surface area contributed by atoms with Crippen molar-refractivity contribution in [2.24, 2.45) is 0 Å². The van der Waals surface area contributed by atoms with Gasteiger partial charge in [-0.25, -0.2) is 0 Å². The van der Waals surface area contributed by atoms with Gasteiger partial charge in [-0.15, -0.1) is 11.8 Å². The Bertz CT molecular complexity index is 113. The molecule has 0 spiro atoms. The molecule has 1 nitrogen and oxygen atoms in total. The van der Waals surface area contributed by atoms with Gasteiger partial charge >= 0.3 is 0 Å². The highest BCUT2D eigenvalue weighted by Crippen LogP contribution is 2.04. The predicted octanol–water partition coefficient (Wildman–Crippen LogP) is 1.95. The smallest absolute Gasteiger partial charge is 0.124 e. The molecule has 0 unspecified atom stereocenters. The van der Waals surface area contributed by atoms with E-state index in [1.54, 1.807) is 11.5 Å². The van der Waals surface area contributed by atoms with Crippen LogP contribution in [0.1, 0.15) is 0 Å². The summed E-state index contributed by atoms with van der Waals surface area (Å²) in [5, 5.41) is 9.83. The van der Waals surface area contributed by atoms with Crippen LogP contribution in [0, 0.1) is 11.3 Å². The van der Waals surface area contributed by atoms with Crippen molar-refractivity contribution in [3.63, 3.8) is 0 Å². The summed E-state index contributed by atoms with van der Waals surface area (Å²) in [5.41, 5.74) is 0. The molecule has 0 radical (unpaired) electrons. The molecule has 3 heteroatoms. The van der Waals surface area contributed by atoms with Crippen LogP contribution in [0.2, 0.25) is 0 Å². The van der Waals surface area contributed by atoms with Gasteiger partial charge in [0.2, 0.25) is 0 Å². The van der Waals surface area contributed by atoms with Gasteiger partial charge in [-0.2, -0.15) is 5.26 Å². The molecule has 0 aliphatic carbocycles. The maximum absolute atomic E-state index is 8.00. The van der Waals surface area contributed by atoms with Gasteiger partial charge in [0.15, 0.2) is 0 Å². The van der Waals surface area contributed by atoms with Crippen LogP contribution in [0.4, 0.5) is 0 Å². The summed E-state index contributed by atoms with van der Waals surface area (Å²) in [6.07, 6.45) is 1.85. The van der Waals surface area contributed by atoms with Crippen molar-refractivity contribution in [1.82, 2.24) is 0 Å². The quantitative estimate of drug-likeness (QED) is 0.511. The van der Waals surface area contributed by atoms with Crippen molar-refractivity contribution in [3.05, 3.63) is 10.4 Å². The molecule has 0 rings (SSSR count). The molecular weight excluding hydrogens is 130 g/mol. The zero-order chi connectivity index (χ0) is 5.70. The highest BCUT2D eigenvalue weighted by molar-refractivity contribution is 8.01. The van der Waals surface area contributed by atoms with Crippen molar-refractivity contribution in [2.75, 3.05) is 6.26 Å². The van der Waals surface area contributed by atoms with Crippen LogP contribution in [-0.2, 0) is 0 Å². The molecule has 0 fully saturated rings. The van der Waals surface area contributed by atoms with Crippen LogP contribution < -0.4 is 0 Å². The summed E-state index contributed by atoms with van der Waals surface area (Å²) in [7, 11) is 0. The van der Waals surface area contributed by atoms with E-state index in [0.29, 0.717) is 0 Å². The van der Waals surface area contributed by atoms with E-state index in [1.165, 1.54) is 11.8 Å². The lowest BCUT2D eigenvalue weighted by molar-refractivity contribution is 1.53. The third kappa shape index (κ3) is 3.71. The second kappa shape index (κ2) is 4.04. The van der Waals surface area contributed by atoms with Gasteiger partial charge in [-0.3, -0.25) is 0 Å². The third-order valence-electron chi connectivity index (χ3n) is 0.328. The summed E-state index contributed by atoms with van der Waals surface area (Å²) in [6, 6.07) is 1.77. The van der Waals surface area contributed by atoms with Crippen LogP contribution in [-0.4, -0.2) is 6.26 Å². The normalized spacial score (nSPS) is 10.7. The molecule has 38 valence electrons. The van der Waals surface area contributed by atoms with E-state index < -0.39 is 0 Å². The Morgan fingerprint density at radius 2 is 2.57 bits per heavy atom. The van der Waals surface area contributed by atoms with E-state index in [0.717, 1.165) is 0 Å². The third-order valence-corrected chi connectivity index (χ3v) is 1.12. The van der Waals surface area contributed by atoms with E-state index >= 15 is 0 Å². The van der Waals surface area contributed by atoms with Crippen LogP contribution in [0.25, 0.3) is 0 Å². The standard InChI is InChI=1S/C4H4ClNS/c1-7-3-4(5)2-6/h3H,1H3/b4-3-. The lowest BCUT2D eigenvalue weighted by atomic mass is 10.7. The van der Waals surface area contributed by atoms with E-state index in [4.69, 9.17) is 16.9 Å². The van der Waals surface area contributed by atoms with E-state index in [9.17, 15) is 0 Å². The first-order valence-electron chi connectivity index (χ1n) is 1.60. The Morgan fingerprint density at radius 3 is 2.71 bits per heavy atom. The second-order valence-electron chi connectivity index (χ2n) is 0.813. The average Bonchev–Trinajstić information content (AvgIpc) is 1.68. The average molecular weight is 134 g/mol. The first-order valence-corrected chi connectivity index (χ1v) is 3.26. The molecule has 0 aliphatic heterocycles. The Labute approximate surface area is 52.0 Å². The number of nitrogens with zero attached hydrogens (tertiary/aromatic N) is 1. The summed E-state index contributed by atoms with van der Waals surface area (Å²) in [4.78, 5) is 0. The fourth-order valence-corrected chi connectivity index (χ4v) is 0.657. The van der Waals surface area contributed by atoms with Crippen molar-refractivity contribution >= 4 is 23.4 Å². The van der Waals surface area contributed by atoms with E-state index in [-0.39, 0.29) is 5.03 Å². The maximum Gasteiger partial charge on any atom is 0.124 e. The molecule has 0 atom stereocenters. The molecule has 0 saturated heterocycles. The van der Waals surface area contributed by atoms with Gasteiger partial charge in [-0.1, -0.05) is 11.6 Å². The topological polar surface area (TPSA) is 23.8 Å².